The number of benzene rings is 1. The van der Waals surface area contributed by atoms with Gasteiger partial charge in [0.15, 0.2) is 0 Å². The summed E-state index contributed by atoms with van der Waals surface area (Å²) in [6.45, 7) is 3.93. The average molecular weight is 550 g/mol. The van der Waals surface area contributed by atoms with Crippen molar-refractivity contribution in [1.29, 1.82) is 0 Å². The average Bonchev–Trinajstić information content (AvgIpc) is 2.93. The highest BCUT2D eigenvalue weighted by Crippen LogP contribution is 2.25. The molecule has 0 saturated carbocycles. The number of aliphatic hydroxyl groups is 1. The minimum atomic E-state index is -0.390. The molecule has 3 rings (SSSR count). The highest BCUT2D eigenvalue weighted by Gasteiger charge is 2.31. The monoisotopic (exact) mass is 549 g/mol. The van der Waals surface area contributed by atoms with Crippen LogP contribution < -0.4 is 21.1 Å². The number of likely N-dealkylation sites (tertiary alicyclic amines) is 1. The Morgan fingerprint density at radius 2 is 2.03 bits per heavy atom. The lowest BCUT2D eigenvalue weighted by Crippen LogP contribution is -2.55. The van der Waals surface area contributed by atoms with Crippen LogP contribution >= 0.6 is 11.6 Å². The molecule has 2 atom stereocenters. The molecule has 0 aliphatic carbocycles. The fourth-order valence-corrected chi connectivity index (χ4v) is 4.33. The number of carbonyl (C=O) groups excluding carboxylic acids is 2. The van der Waals surface area contributed by atoms with Gasteiger partial charge >= 0.3 is 5.97 Å². The summed E-state index contributed by atoms with van der Waals surface area (Å²) in [6, 6.07) is 8.55. The van der Waals surface area contributed by atoms with Gasteiger partial charge in [-0.2, -0.15) is 4.98 Å². The van der Waals surface area contributed by atoms with Crippen LogP contribution in [0.3, 0.4) is 0 Å². The summed E-state index contributed by atoms with van der Waals surface area (Å²) in [5, 5.41) is 15.4. The van der Waals surface area contributed by atoms with Gasteiger partial charge in [0.2, 0.25) is 5.88 Å². The topological polar surface area (TPSA) is 148 Å². The van der Waals surface area contributed by atoms with Crippen LogP contribution in [-0.4, -0.2) is 92.6 Å². The van der Waals surface area contributed by atoms with E-state index in [4.69, 9.17) is 36.7 Å². The van der Waals surface area contributed by atoms with Crippen molar-refractivity contribution < 1.29 is 28.9 Å². The fourth-order valence-electron chi connectivity index (χ4n) is 4.18. The van der Waals surface area contributed by atoms with Gasteiger partial charge in [-0.25, -0.2) is 4.79 Å². The number of nitrogen functional groups attached to an aromatic ring is 1. The van der Waals surface area contributed by atoms with Crippen molar-refractivity contribution in [2.75, 3.05) is 59.3 Å². The Balaban J connectivity index is 1.42. The number of methoxy groups -OCH3 is 2. The summed E-state index contributed by atoms with van der Waals surface area (Å²) in [5.41, 5.74) is 7.48. The molecule has 1 amide bonds. The van der Waals surface area contributed by atoms with Crippen LogP contribution in [0.25, 0.3) is 0 Å². The lowest BCUT2D eigenvalue weighted by molar-refractivity contribution is 0.00676. The van der Waals surface area contributed by atoms with Crippen LogP contribution in [-0.2, 0) is 16.0 Å². The Morgan fingerprint density at radius 1 is 1.26 bits per heavy atom. The molecule has 1 aliphatic rings. The second kappa shape index (κ2) is 14.8. The van der Waals surface area contributed by atoms with Crippen LogP contribution in [0.1, 0.15) is 39.1 Å². The van der Waals surface area contributed by atoms with Gasteiger partial charge in [0.25, 0.3) is 5.91 Å². The molecule has 11 nitrogen and oxygen atoms in total. The smallest absolute Gasteiger partial charge is 0.338 e. The minimum Gasteiger partial charge on any atom is -0.480 e. The first-order valence-electron chi connectivity index (χ1n) is 12.5. The SMILES string of the molecule is COc1nc(N)c(Cl)cc1C(=O)N[C@@H]1CCN(CCNCc2ccc(C(=O)OCCCO)cc2)C[C@@H]1OC. The predicted octanol–water partition coefficient (Wildman–Crippen LogP) is 1.47. The molecular weight excluding hydrogens is 514 g/mol. The maximum Gasteiger partial charge on any atom is 0.338 e. The molecule has 1 aliphatic heterocycles. The molecule has 1 aromatic heterocycles. The number of nitrogens with two attached hydrogens (primary N) is 1. The molecule has 1 aromatic carbocycles. The van der Waals surface area contributed by atoms with Crippen molar-refractivity contribution in [3.63, 3.8) is 0 Å². The Labute approximate surface area is 227 Å². The number of carbonyl (C=O) groups is 2. The number of halogens is 1. The molecule has 1 saturated heterocycles. The maximum atomic E-state index is 12.9. The van der Waals surface area contributed by atoms with Gasteiger partial charge in [-0.1, -0.05) is 23.7 Å². The van der Waals surface area contributed by atoms with Gasteiger partial charge in [0, 0.05) is 52.9 Å². The quantitative estimate of drug-likeness (QED) is 0.214. The predicted molar refractivity (Wildman–Crippen MR) is 143 cm³/mol. The Morgan fingerprint density at radius 3 is 2.71 bits per heavy atom. The zero-order valence-corrected chi connectivity index (χ0v) is 22.5. The molecule has 0 unspecified atom stereocenters. The van der Waals surface area contributed by atoms with E-state index in [1.165, 1.54) is 13.2 Å². The van der Waals surface area contributed by atoms with Gasteiger partial charge in [-0.15, -0.1) is 0 Å². The van der Waals surface area contributed by atoms with Gasteiger partial charge in [-0.05, 0) is 30.2 Å². The van der Waals surface area contributed by atoms with Crippen LogP contribution in [0.15, 0.2) is 30.3 Å². The molecule has 0 spiro atoms. The highest BCUT2D eigenvalue weighted by molar-refractivity contribution is 6.33. The van der Waals surface area contributed by atoms with E-state index >= 15 is 0 Å². The Bertz CT molecular complexity index is 1070. The van der Waals surface area contributed by atoms with Crippen LogP contribution in [0, 0.1) is 0 Å². The first-order valence-corrected chi connectivity index (χ1v) is 12.9. The molecule has 12 heteroatoms. The number of nitrogens with one attached hydrogen (secondary N) is 2. The first kappa shape index (κ1) is 29.6. The number of ether oxygens (including phenoxy) is 3. The Kier molecular flexibility index (Phi) is 11.6. The van der Waals surface area contributed by atoms with Crippen LogP contribution in [0.4, 0.5) is 5.82 Å². The normalized spacial score (nSPS) is 17.7. The number of aromatic nitrogens is 1. The summed E-state index contributed by atoms with van der Waals surface area (Å²) in [7, 11) is 3.06. The number of nitrogens with zero attached hydrogens (tertiary/aromatic N) is 2. The number of esters is 1. The van der Waals surface area contributed by atoms with E-state index in [1.54, 1.807) is 19.2 Å². The molecule has 0 bridgehead atoms. The standard InChI is InChI=1S/C26H36ClN5O6/c1-36-22-16-32(10-8-21(22)30-24(34)19-14-20(27)23(28)31-25(19)37-2)11-9-29-15-17-4-6-18(7-5-17)26(35)38-13-3-12-33/h4-7,14,21-22,29,33H,3,8-13,15-16H2,1-2H3,(H2,28,31)(H,30,34)/t21-,22+/m1/s1. The molecule has 1 fully saturated rings. The number of hydrogen-bond acceptors (Lipinski definition) is 10. The van der Waals surface area contributed by atoms with E-state index in [1.807, 2.05) is 12.1 Å². The number of piperidine rings is 1. The van der Waals surface area contributed by atoms with E-state index in [-0.39, 0.29) is 53.6 Å². The summed E-state index contributed by atoms with van der Waals surface area (Å²) < 4.78 is 16.0. The second-order valence-corrected chi connectivity index (χ2v) is 9.35. The molecule has 208 valence electrons. The van der Waals surface area contributed by atoms with Gasteiger partial charge in [0.05, 0.1) is 36.4 Å². The number of rotatable bonds is 13. The number of aliphatic hydroxyl groups excluding tert-OH is 1. The third-order valence-electron chi connectivity index (χ3n) is 6.33. The maximum absolute atomic E-state index is 12.9. The van der Waals surface area contributed by atoms with Crippen molar-refractivity contribution in [2.45, 2.75) is 31.5 Å². The fraction of sp³-hybridized carbons (Fsp3) is 0.500. The van der Waals surface area contributed by atoms with Gasteiger partial charge in [-0.3, -0.25) is 9.69 Å². The lowest BCUT2D eigenvalue weighted by atomic mass is 10.0. The molecule has 38 heavy (non-hydrogen) atoms. The molecule has 2 heterocycles. The summed E-state index contributed by atoms with van der Waals surface area (Å²) in [6.07, 6.45) is 0.968. The Hall–Kier alpha value is -2.96. The van der Waals surface area contributed by atoms with Gasteiger partial charge < -0.3 is 35.7 Å². The van der Waals surface area contributed by atoms with E-state index in [9.17, 15) is 9.59 Å². The number of amides is 1. The summed E-state index contributed by atoms with van der Waals surface area (Å²) >= 11 is 6.06. The zero-order valence-electron chi connectivity index (χ0n) is 21.7. The van der Waals surface area contributed by atoms with Crippen molar-refractivity contribution in [3.8, 4) is 5.88 Å². The van der Waals surface area contributed by atoms with E-state index in [0.717, 1.165) is 31.6 Å². The number of hydrogen-bond donors (Lipinski definition) is 4. The summed E-state index contributed by atoms with van der Waals surface area (Å²) in [4.78, 5) is 31.2. The molecular formula is C26H36ClN5O6. The highest BCUT2D eigenvalue weighted by atomic mass is 35.5. The third-order valence-corrected chi connectivity index (χ3v) is 6.63. The van der Waals surface area contributed by atoms with E-state index < -0.39 is 5.97 Å². The molecule has 2 aromatic rings. The lowest BCUT2D eigenvalue weighted by Gasteiger charge is -2.38. The first-order chi connectivity index (χ1) is 18.4. The summed E-state index contributed by atoms with van der Waals surface area (Å²) in [5.74, 6) is -0.514. The van der Waals surface area contributed by atoms with Crippen LogP contribution in [0.2, 0.25) is 5.02 Å². The molecule has 5 N–H and O–H groups in total. The van der Waals surface area contributed by atoms with Crippen molar-refractivity contribution in [3.05, 3.63) is 52.0 Å². The van der Waals surface area contributed by atoms with E-state index in [0.29, 0.717) is 25.1 Å². The number of pyridine rings is 1. The zero-order chi connectivity index (χ0) is 27.5. The minimum absolute atomic E-state index is 0.00755. The van der Waals surface area contributed by atoms with E-state index in [2.05, 4.69) is 20.5 Å². The largest absolute Gasteiger partial charge is 0.480 e. The number of anilines is 1. The second-order valence-electron chi connectivity index (χ2n) is 8.94. The molecule has 0 radical (unpaired) electrons. The van der Waals surface area contributed by atoms with Crippen molar-refractivity contribution >= 4 is 29.3 Å². The van der Waals surface area contributed by atoms with Crippen LogP contribution in [0.5, 0.6) is 5.88 Å². The third kappa shape index (κ3) is 8.27. The van der Waals surface area contributed by atoms with Crippen molar-refractivity contribution in [1.82, 2.24) is 20.5 Å². The van der Waals surface area contributed by atoms with Crippen molar-refractivity contribution in [2.24, 2.45) is 0 Å². The van der Waals surface area contributed by atoms with Gasteiger partial charge in [0.1, 0.15) is 11.4 Å².